The Kier molecular flexibility index (Phi) is 3.48. The van der Waals surface area contributed by atoms with Crippen molar-refractivity contribution >= 4 is 0 Å². The first-order chi connectivity index (χ1) is 6.49. The van der Waals surface area contributed by atoms with E-state index in [1.807, 2.05) is 25.1 Å². The van der Waals surface area contributed by atoms with Crippen molar-refractivity contribution in [1.29, 1.82) is 0 Å². The van der Waals surface area contributed by atoms with Crippen molar-refractivity contribution < 1.29 is 0 Å². The van der Waals surface area contributed by atoms with Gasteiger partial charge >= 0.3 is 0 Å². The molecule has 0 spiro atoms. The Hall–Kier alpha value is -1.08. The normalized spacial score (nSPS) is 14.8. The van der Waals surface area contributed by atoms with Gasteiger partial charge in [0.1, 0.15) is 0 Å². The summed E-state index contributed by atoms with van der Waals surface area (Å²) in [6, 6.07) is 10.3. The smallest absolute Gasteiger partial charge is 0.0203 e. The molecule has 0 unspecified atom stereocenters. The van der Waals surface area contributed by atoms with E-state index in [0.29, 0.717) is 0 Å². The lowest BCUT2D eigenvalue weighted by Crippen LogP contribution is -2.38. The zero-order chi connectivity index (χ0) is 10.6. The summed E-state index contributed by atoms with van der Waals surface area (Å²) in [6.45, 7) is 8.00. The molecule has 0 heterocycles. The van der Waals surface area contributed by atoms with Crippen molar-refractivity contribution in [3.05, 3.63) is 48.0 Å². The second-order valence-electron chi connectivity index (χ2n) is 4.45. The molecule has 0 saturated heterocycles. The highest BCUT2D eigenvalue weighted by atomic mass is 14.7. The van der Waals surface area contributed by atoms with Gasteiger partial charge in [-0.1, -0.05) is 35.9 Å². The lowest BCUT2D eigenvalue weighted by Gasteiger charge is -2.24. The summed E-state index contributed by atoms with van der Waals surface area (Å²) in [5.74, 6) is 0. The molecule has 0 aliphatic rings. The molecule has 1 atom stereocenters. The molecule has 1 aromatic carbocycles. The first-order valence-corrected chi connectivity index (χ1v) is 4.97. The molecule has 1 aromatic rings. The van der Waals surface area contributed by atoms with Crippen molar-refractivity contribution in [1.82, 2.24) is 0 Å². The molecule has 0 aromatic heterocycles. The van der Waals surface area contributed by atoms with E-state index in [1.165, 1.54) is 5.56 Å². The minimum atomic E-state index is -0.173. The summed E-state index contributed by atoms with van der Waals surface area (Å²) in [6.07, 6.45) is 1.78. The molecule has 2 N–H and O–H groups in total. The van der Waals surface area contributed by atoms with E-state index < -0.39 is 0 Å². The fourth-order valence-corrected chi connectivity index (χ4v) is 1.81. The van der Waals surface area contributed by atoms with Gasteiger partial charge in [0.15, 0.2) is 0 Å². The van der Waals surface area contributed by atoms with Gasteiger partial charge in [0.05, 0.1) is 0 Å². The summed E-state index contributed by atoms with van der Waals surface area (Å²) in [5.41, 5.74) is 8.45. The Bertz CT molecular complexity index is 298. The molecule has 0 bridgehead atoms. The van der Waals surface area contributed by atoms with E-state index >= 15 is 0 Å². The average molecular weight is 189 g/mol. The summed E-state index contributed by atoms with van der Waals surface area (Å²) in [5, 5.41) is 0. The van der Waals surface area contributed by atoms with E-state index in [9.17, 15) is 0 Å². The van der Waals surface area contributed by atoms with Crippen LogP contribution in [0.1, 0.15) is 25.8 Å². The Morgan fingerprint density at radius 2 is 1.93 bits per heavy atom. The molecule has 1 heteroatoms. The molecule has 1 nitrogen and oxygen atoms in total. The third-order valence-electron chi connectivity index (χ3n) is 2.16. The lowest BCUT2D eigenvalue weighted by atomic mass is 9.88. The van der Waals surface area contributed by atoms with Gasteiger partial charge in [0.2, 0.25) is 0 Å². The first kappa shape index (κ1) is 11.0. The van der Waals surface area contributed by atoms with Crippen LogP contribution in [0, 0.1) is 0 Å². The first-order valence-electron chi connectivity index (χ1n) is 4.97. The highest BCUT2D eigenvalue weighted by Gasteiger charge is 2.18. The van der Waals surface area contributed by atoms with Gasteiger partial charge in [-0.3, -0.25) is 0 Å². The maximum absolute atomic E-state index is 6.19. The standard InChI is InChI=1S/C13H19N/c1-11(2)9-13(3,14)10-12-7-5-4-6-8-12/h4-8H,1,9-10,14H2,2-3H3/t13-/m1/s1. The predicted octanol–water partition coefficient (Wildman–Crippen LogP) is 2.91. The monoisotopic (exact) mass is 189 g/mol. The maximum Gasteiger partial charge on any atom is 0.0203 e. The lowest BCUT2D eigenvalue weighted by molar-refractivity contribution is 0.462. The molecular weight excluding hydrogens is 170 g/mol. The van der Waals surface area contributed by atoms with Gasteiger partial charge < -0.3 is 5.73 Å². The number of hydrogen-bond donors (Lipinski definition) is 1. The van der Waals surface area contributed by atoms with Crippen molar-refractivity contribution in [2.24, 2.45) is 5.73 Å². The summed E-state index contributed by atoms with van der Waals surface area (Å²) in [4.78, 5) is 0. The van der Waals surface area contributed by atoms with E-state index in [1.54, 1.807) is 0 Å². The van der Waals surface area contributed by atoms with Crippen LogP contribution in [0.15, 0.2) is 42.5 Å². The van der Waals surface area contributed by atoms with Crippen molar-refractivity contribution in [2.45, 2.75) is 32.2 Å². The molecule has 0 saturated carbocycles. The molecule has 1 rings (SSSR count). The maximum atomic E-state index is 6.19. The van der Waals surface area contributed by atoms with Crippen LogP contribution in [0.2, 0.25) is 0 Å². The number of rotatable bonds is 4. The number of hydrogen-bond acceptors (Lipinski definition) is 1. The molecule has 0 aliphatic heterocycles. The van der Waals surface area contributed by atoms with Crippen LogP contribution in [0.4, 0.5) is 0 Å². The molecule has 0 amide bonds. The van der Waals surface area contributed by atoms with Crippen molar-refractivity contribution in [3.63, 3.8) is 0 Å². The zero-order valence-corrected chi connectivity index (χ0v) is 9.09. The second kappa shape index (κ2) is 4.43. The third kappa shape index (κ3) is 3.75. The van der Waals surface area contributed by atoms with Gasteiger partial charge in [-0.25, -0.2) is 0 Å². The second-order valence-corrected chi connectivity index (χ2v) is 4.45. The molecule has 0 fully saturated rings. The largest absolute Gasteiger partial charge is 0.325 e. The predicted molar refractivity (Wildman–Crippen MR) is 62.2 cm³/mol. The fourth-order valence-electron chi connectivity index (χ4n) is 1.81. The van der Waals surface area contributed by atoms with Crippen molar-refractivity contribution in [3.8, 4) is 0 Å². The Morgan fingerprint density at radius 1 is 1.36 bits per heavy atom. The highest BCUT2D eigenvalue weighted by Crippen LogP contribution is 2.17. The van der Waals surface area contributed by atoms with E-state index in [4.69, 9.17) is 5.73 Å². The minimum Gasteiger partial charge on any atom is -0.325 e. The average Bonchev–Trinajstić information content (AvgIpc) is 2.02. The minimum absolute atomic E-state index is 0.173. The van der Waals surface area contributed by atoms with Gasteiger partial charge in [-0.2, -0.15) is 0 Å². The molecule has 0 radical (unpaired) electrons. The van der Waals surface area contributed by atoms with Crippen molar-refractivity contribution in [2.75, 3.05) is 0 Å². The van der Waals surface area contributed by atoms with Gasteiger partial charge in [-0.15, -0.1) is 6.58 Å². The van der Waals surface area contributed by atoms with E-state index in [2.05, 4.69) is 25.6 Å². The Morgan fingerprint density at radius 3 is 2.43 bits per heavy atom. The molecular formula is C13H19N. The molecule has 0 aliphatic carbocycles. The van der Waals surface area contributed by atoms with Crippen LogP contribution >= 0.6 is 0 Å². The third-order valence-corrected chi connectivity index (χ3v) is 2.16. The van der Waals surface area contributed by atoms with E-state index in [0.717, 1.165) is 18.4 Å². The Labute approximate surface area is 86.6 Å². The van der Waals surface area contributed by atoms with Crippen LogP contribution in [0.3, 0.4) is 0 Å². The summed E-state index contributed by atoms with van der Waals surface area (Å²) < 4.78 is 0. The van der Waals surface area contributed by atoms with Crippen LogP contribution in [0.25, 0.3) is 0 Å². The van der Waals surface area contributed by atoms with Gasteiger partial charge in [-0.05, 0) is 32.3 Å². The number of benzene rings is 1. The highest BCUT2D eigenvalue weighted by molar-refractivity contribution is 5.18. The van der Waals surface area contributed by atoms with Crippen LogP contribution in [0.5, 0.6) is 0 Å². The molecule has 14 heavy (non-hydrogen) atoms. The topological polar surface area (TPSA) is 26.0 Å². The van der Waals surface area contributed by atoms with Crippen LogP contribution in [-0.2, 0) is 6.42 Å². The number of nitrogens with two attached hydrogens (primary N) is 1. The zero-order valence-electron chi connectivity index (χ0n) is 9.09. The SMILES string of the molecule is C=C(C)C[C@@](C)(N)Cc1ccccc1. The Balaban J connectivity index is 2.63. The van der Waals surface area contributed by atoms with Crippen LogP contribution in [-0.4, -0.2) is 5.54 Å². The van der Waals surface area contributed by atoms with Crippen LogP contribution < -0.4 is 5.73 Å². The van der Waals surface area contributed by atoms with Gasteiger partial charge in [0.25, 0.3) is 0 Å². The molecule has 76 valence electrons. The van der Waals surface area contributed by atoms with Gasteiger partial charge in [0, 0.05) is 5.54 Å². The quantitative estimate of drug-likeness (QED) is 0.724. The summed E-state index contributed by atoms with van der Waals surface area (Å²) in [7, 11) is 0. The summed E-state index contributed by atoms with van der Waals surface area (Å²) >= 11 is 0. The fraction of sp³-hybridized carbons (Fsp3) is 0.385. The van der Waals surface area contributed by atoms with E-state index in [-0.39, 0.29) is 5.54 Å².